The molecular weight excluding hydrogens is 363 g/mol. The molecule has 2 N–H and O–H groups in total. The zero-order chi connectivity index (χ0) is 13.0. The maximum Gasteiger partial charge on any atom is 0.252 e. The van der Waals surface area contributed by atoms with Crippen LogP contribution in [0.3, 0.4) is 0 Å². The average molecular weight is 379 g/mol. The highest BCUT2D eigenvalue weighted by Crippen LogP contribution is 2.19. The van der Waals surface area contributed by atoms with Gasteiger partial charge in [0.25, 0.3) is 5.91 Å². The molecule has 1 amide bonds. The molecule has 1 aromatic carbocycles. The van der Waals surface area contributed by atoms with E-state index in [4.69, 9.17) is 11.6 Å². The molecule has 0 aliphatic carbocycles. The summed E-state index contributed by atoms with van der Waals surface area (Å²) in [7, 11) is 0. The van der Waals surface area contributed by atoms with Crippen LogP contribution in [0.2, 0.25) is 5.02 Å². The van der Waals surface area contributed by atoms with E-state index in [1.165, 1.54) is 12.8 Å². The minimum atomic E-state index is -0.0815. The van der Waals surface area contributed by atoms with Gasteiger partial charge >= 0.3 is 0 Å². The van der Waals surface area contributed by atoms with Crippen LogP contribution in [0.5, 0.6) is 0 Å². The summed E-state index contributed by atoms with van der Waals surface area (Å²) in [5.41, 5.74) is 0.556. The van der Waals surface area contributed by atoms with E-state index in [0.29, 0.717) is 23.0 Å². The van der Waals surface area contributed by atoms with Crippen molar-refractivity contribution in [1.29, 1.82) is 0 Å². The van der Waals surface area contributed by atoms with Gasteiger partial charge in [0.1, 0.15) is 0 Å². The molecule has 1 atom stereocenters. The monoisotopic (exact) mass is 378 g/mol. The largest absolute Gasteiger partial charge is 0.352 e. The molecule has 18 heavy (non-hydrogen) atoms. The van der Waals surface area contributed by atoms with Crippen molar-refractivity contribution in [3.63, 3.8) is 0 Å². The second-order valence-corrected chi connectivity index (χ2v) is 6.20. The van der Waals surface area contributed by atoms with Crippen LogP contribution in [0.15, 0.2) is 18.2 Å². The Morgan fingerprint density at radius 3 is 3.06 bits per heavy atom. The molecule has 1 aromatic rings. The van der Waals surface area contributed by atoms with Crippen molar-refractivity contribution in [2.45, 2.75) is 12.8 Å². The summed E-state index contributed by atoms with van der Waals surface area (Å²) in [5.74, 6) is 0.451. The lowest BCUT2D eigenvalue weighted by Crippen LogP contribution is -2.38. The van der Waals surface area contributed by atoms with Crippen LogP contribution in [-0.2, 0) is 0 Å². The third-order valence-electron chi connectivity index (χ3n) is 3.13. The number of benzene rings is 1. The smallest absolute Gasteiger partial charge is 0.252 e. The summed E-state index contributed by atoms with van der Waals surface area (Å²) in [6.45, 7) is 2.79. The van der Waals surface area contributed by atoms with E-state index in [9.17, 15) is 4.79 Å². The maximum absolute atomic E-state index is 12.0. The summed E-state index contributed by atoms with van der Waals surface area (Å²) < 4.78 is 1.03. The standard InChI is InChI=1S/C13H16ClIN2O/c14-12-6-10(15)3-4-11(12)13(18)17-8-9-2-1-5-16-7-9/h3-4,6,9,16H,1-2,5,7-8H2,(H,17,18). The van der Waals surface area contributed by atoms with Gasteiger partial charge in [-0.15, -0.1) is 0 Å². The van der Waals surface area contributed by atoms with Crippen LogP contribution >= 0.6 is 34.2 Å². The Bertz CT molecular complexity index is 433. The number of rotatable bonds is 3. The SMILES string of the molecule is O=C(NCC1CCCNC1)c1ccc(I)cc1Cl. The van der Waals surface area contributed by atoms with Crippen LogP contribution in [0.25, 0.3) is 0 Å². The summed E-state index contributed by atoms with van der Waals surface area (Å²) in [6, 6.07) is 5.47. The summed E-state index contributed by atoms with van der Waals surface area (Å²) in [4.78, 5) is 12.0. The van der Waals surface area contributed by atoms with Crippen molar-refractivity contribution in [2.75, 3.05) is 19.6 Å². The molecule has 0 radical (unpaired) electrons. The molecule has 1 heterocycles. The van der Waals surface area contributed by atoms with Gasteiger partial charge in [0, 0.05) is 10.1 Å². The molecule has 0 spiro atoms. The topological polar surface area (TPSA) is 41.1 Å². The van der Waals surface area contributed by atoms with Crippen LogP contribution in [0.4, 0.5) is 0 Å². The quantitative estimate of drug-likeness (QED) is 0.794. The first kappa shape index (κ1) is 14.1. The number of amides is 1. The van der Waals surface area contributed by atoms with Crippen molar-refractivity contribution in [1.82, 2.24) is 10.6 Å². The average Bonchev–Trinajstić information content (AvgIpc) is 2.37. The Balaban J connectivity index is 1.90. The van der Waals surface area contributed by atoms with E-state index in [-0.39, 0.29) is 5.91 Å². The number of piperidine rings is 1. The van der Waals surface area contributed by atoms with Crippen LogP contribution in [0, 0.1) is 9.49 Å². The Morgan fingerprint density at radius 1 is 1.56 bits per heavy atom. The minimum absolute atomic E-state index is 0.0815. The van der Waals surface area contributed by atoms with E-state index < -0.39 is 0 Å². The molecule has 0 aromatic heterocycles. The van der Waals surface area contributed by atoms with Crippen molar-refractivity contribution < 1.29 is 4.79 Å². The fourth-order valence-electron chi connectivity index (χ4n) is 2.10. The fourth-order valence-corrected chi connectivity index (χ4v) is 3.05. The second-order valence-electron chi connectivity index (χ2n) is 4.55. The number of halogens is 2. The number of hydrogen-bond donors (Lipinski definition) is 2. The molecule has 1 aliphatic heterocycles. The molecule has 1 saturated heterocycles. The lowest BCUT2D eigenvalue weighted by molar-refractivity contribution is 0.0945. The summed E-state index contributed by atoms with van der Waals surface area (Å²) in [5, 5.41) is 6.82. The molecule has 1 unspecified atom stereocenters. The van der Waals surface area contributed by atoms with Gasteiger partial charge in [0.15, 0.2) is 0 Å². The van der Waals surface area contributed by atoms with Crippen molar-refractivity contribution in [3.05, 3.63) is 32.4 Å². The first-order chi connectivity index (χ1) is 8.66. The second kappa shape index (κ2) is 6.73. The highest BCUT2D eigenvalue weighted by atomic mass is 127. The zero-order valence-corrected chi connectivity index (χ0v) is 12.9. The number of nitrogens with one attached hydrogen (secondary N) is 2. The van der Waals surface area contributed by atoms with Gasteiger partial charge in [-0.1, -0.05) is 11.6 Å². The Kier molecular flexibility index (Phi) is 5.26. The van der Waals surface area contributed by atoms with Gasteiger partial charge < -0.3 is 10.6 Å². The lowest BCUT2D eigenvalue weighted by Gasteiger charge is -2.22. The fraction of sp³-hybridized carbons (Fsp3) is 0.462. The van der Waals surface area contributed by atoms with Gasteiger partial charge in [-0.05, 0) is 72.6 Å². The molecular formula is C13H16ClIN2O. The van der Waals surface area contributed by atoms with Crippen molar-refractivity contribution in [3.8, 4) is 0 Å². The molecule has 98 valence electrons. The zero-order valence-electron chi connectivity index (χ0n) is 10.0. The molecule has 0 bridgehead atoms. The van der Waals surface area contributed by atoms with Crippen LogP contribution in [0.1, 0.15) is 23.2 Å². The van der Waals surface area contributed by atoms with Crippen molar-refractivity contribution in [2.24, 2.45) is 5.92 Å². The van der Waals surface area contributed by atoms with Crippen molar-refractivity contribution >= 4 is 40.1 Å². The maximum atomic E-state index is 12.0. The lowest BCUT2D eigenvalue weighted by atomic mass is 10.00. The van der Waals surface area contributed by atoms with E-state index >= 15 is 0 Å². The number of carbonyl (C=O) groups excluding carboxylic acids is 1. The molecule has 1 fully saturated rings. The summed E-state index contributed by atoms with van der Waals surface area (Å²) >= 11 is 8.25. The predicted molar refractivity (Wildman–Crippen MR) is 82.1 cm³/mol. The number of hydrogen-bond acceptors (Lipinski definition) is 2. The van der Waals surface area contributed by atoms with E-state index in [0.717, 1.165) is 16.7 Å². The third-order valence-corrected chi connectivity index (χ3v) is 4.11. The van der Waals surface area contributed by atoms with Gasteiger partial charge in [-0.3, -0.25) is 4.79 Å². The number of carbonyl (C=O) groups is 1. The van der Waals surface area contributed by atoms with Gasteiger partial charge in [-0.25, -0.2) is 0 Å². The minimum Gasteiger partial charge on any atom is -0.352 e. The van der Waals surface area contributed by atoms with Crippen LogP contribution in [-0.4, -0.2) is 25.5 Å². The van der Waals surface area contributed by atoms with Gasteiger partial charge in [-0.2, -0.15) is 0 Å². The van der Waals surface area contributed by atoms with E-state index in [1.807, 2.05) is 6.07 Å². The molecule has 1 aliphatic rings. The normalized spacial score (nSPS) is 19.6. The first-order valence-corrected chi connectivity index (χ1v) is 7.56. The van der Waals surface area contributed by atoms with E-state index in [1.54, 1.807) is 12.1 Å². The highest BCUT2D eigenvalue weighted by Gasteiger charge is 2.15. The van der Waals surface area contributed by atoms with E-state index in [2.05, 4.69) is 33.2 Å². The molecule has 3 nitrogen and oxygen atoms in total. The summed E-state index contributed by atoms with van der Waals surface area (Å²) in [6.07, 6.45) is 2.36. The Labute approximate surface area is 126 Å². The predicted octanol–water partition coefficient (Wildman–Crippen LogP) is 2.67. The Hall–Kier alpha value is -0.330. The molecule has 5 heteroatoms. The molecule has 0 saturated carbocycles. The first-order valence-electron chi connectivity index (χ1n) is 6.11. The van der Waals surface area contributed by atoms with Gasteiger partial charge in [0.2, 0.25) is 0 Å². The molecule has 2 rings (SSSR count). The van der Waals surface area contributed by atoms with Crippen LogP contribution < -0.4 is 10.6 Å². The Morgan fingerprint density at radius 2 is 2.39 bits per heavy atom. The third kappa shape index (κ3) is 3.83. The van der Waals surface area contributed by atoms with Gasteiger partial charge in [0.05, 0.1) is 10.6 Å². The highest BCUT2D eigenvalue weighted by molar-refractivity contribution is 14.1.